The maximum Gasteiger partial charge on any atom is 0.337 e. The molecule has 0 N–H and O–H groups in total. The third-order valence-electron chi connectivity index (χ3n) is 4.16. The van der Waals surface area contributed by atoms with Crippen molar-refractivity contribution in [1.82, 2.24) is 0 Å². The topological polar surface area (TPSA) is 88.1 Å². The highest BCUT2D eigenvalue weighted by molar-refractivity contribution is 5.99. The summed E-state index contributed by atoms with van der Waals surface area (Å²) in [6.07, 6.45) is 3.52. The molecule has 0 amide bonds. The van der Waals surface area contributed by atoms with Crippen LogP contribution < -0.4 is 9.47 Å². The van der Waals surface area contributed by atoms with Crippen LogP contribution in [-0.4, -0.2) is 44.7 Å². The Bertz CT molecular complexity index is 929. The van der Waals surface area contributed by atoms with Crippen LogP contribution in [0.3, 0.4) is 0 Å². The lowest BCUT2D eigenvalue weighted by Crippen LogP contribution is -2.12. The van der Waals surface area contributed by atoms with Gasteiger partial charge < -0.3 is 18.9 Å². The number of methoxy groups -OCH3 is 1. The van der Waals surface area contributed by atoms with E-state index >= 15 is 0 Å². The van der Waals surface area contributed by atoms with Gasteiger partial charge in [0.15, 0.2) is 23.9 Å². The largest absolute Gasteiger partial charge is 0.490 e. The van der Waals surface area contributed by atoms with Crippen LogP contribution in [0.4, 0.5) is 0 Å². The highest BCUT2D eigenvalue weighted by Crippen LogP contribution is 2.30. The van der Waals surface area contributed by atoms with Crippen LogP contribution in [-0.2, 0) is 14.3 Å². The fourth-order valence-corrected chi connectivity index (χ4v) is 2.62. The first-order chi connectivity index (χ1) is 14.1. The summed E-state index contributed by atoms with van der Waals surface area (Å²) >= 11 is 0. The van der Waals surface area contributed by atoms with Crippen molar-refractivity contribution in [2.24, 2.45) is 0 Å². The van der Waals surface area contributed by atoms with Crippen molar-refractivity contribution in [1.29, 1.82) is 0 Å². The van der Waals surface area contributed by atoms with Gasteiger partial charge in [-0.1, -0.05) is 12.1 Å². The van der Waals surface area contributed by atoms with Crippen LogP contribution in [0, 0.1) is 0 Å². The normalized spacial score (nSPS) is 12.9. The second-order valence-electron chi connectivity index (χ2n) is 6.19. The van der Waals surface area contributed by atoms with E-state index < -0.39 is 11.9 Å². The van der Waals surface area contributed by atoms with Gasteiger partial charge in [-0.05, 0) is 42.0 Å². The molecule has 2 aromatic carbocycles. The number of esters is 2. The van der Waals surface area contributed by atoms with E-state index in [1.54, 1.807) is 42.5 Å². The molecule has 0 spiro atoms. The zero-order chi connectivity index (χ0) is 20.6. The number of carbonyl (C=O) groups excluding carboxylic acids is 3. The smallest absolute Gasteiger partial charge is 0.337 e. The summed E-state index contributed by atoms with van der Waals surface area (Å²) in [7, 11) is 1.31. The van der Waals surface area contributed by atoms with Crippen LogP contribution in [0.5, 0.6) is 11.5 Å². The minimum Gasteiger partial charge on any atom is -0.490 e. The Balaban J connectivity index is 1.53. The first-order valence-corrected chi connectivity index (χ1v) is 9.03. The summed E-state index contributed by atoms with van der Waals surface area (Å²) in [6, 6.07) is 11.4. The van der Waals surface area contributed by atoms with E-state index in [1.807, 2.05) is 0 Å². The summed E-state index contributed by atoms with van der Waals surface area (Å²) < 4.78 is 20.7. The molecule has 1 aliphatic heterocycles. The number of rotatable bonds is 6. The number of ketones is 1. The van der Waals surface area contributed by atoms with Crippen molar-refractivity contribution >= 4 is 23.8 Å². The molecule has 0 saturated heterocycles. The van der Waals surface area contributed by atoms with Crippen molar-refractivity contribution in [2.75, 3.05) is 26.9 Å². The zero-order valence-electron chi connectivity index (χ0n) is 15.9. The molecule has 0 aliphatic carbocycles. The van der Waals surface area contributed by atoms with Crippen LogP contribution in [0.25, 0.3) is 6.08 Å². The molecule has 29 heavy (non-hydrogen) atoms. The average molecular weight is 396 g/mol. The molecule has 2 aromatic rings. The predicted octanol–water partition coefficient (Wildman–Crippen LogP) is 3.07. The Labute approximate surface area is 167 Å². The number of carbonyl (C=O) groups is 3. The van der Waals surface area contributed by atoms with Gasteiger partial charge in [0.1, 0.15) is 0 Å². The van der Waals surface area contributed by atoms with Crippen LogP contribution in [0.1, 0.15) is 32.7 Å². The fraction of sp³-hybridized carbons (Fsp3) is 0.227. The van der Waals surface area contributed by atoms with Crippen molar-refractivity contribution in [3.63, 3.8) is 0 Å². The van der Waals surface area contributed by atoms with Crippen LogP contribution >= 0.6 is 0 Å². The van der Waals surface area contributed by atoms with Gasteiger partial charge in [0, 0.05) is 18.1 Å². The molecule has 7 heteroatoms. The van der Waals surface area contributed by atoms with E-state index in [4.69, 9.17) is 14.2 Å². The fourth-order valence-electron chi connectivity index (χ4n) is 2.62. The molecule has 0 atom stereocenters. The highest BCUT2D eigenvalue weighted by atomic mass is 16.5. The van der Waals surface area contributed by atoms with E-state index in [1.165, 1.54) is 19.3 Å². The minimum atomic E-state index is -0.648. The van der Waals surface area contributed by atoms with Crippen molar-refractivity contribution in [3.05, 3.63) is 65.2 Å². The lowest BCUT2D eigenvalue weighted by Gasteiger charge is -2.08. The molecule has 1 aliphatic rings. The Morgan fingerprint density at radius 2 is 1.66 bits per heavy atom. The zero-order valence-corrected chi connectivity index (χ0v) is 15.9. The third-order valence-corrected chi connectivity index (χ3v) is 4.16. The number of benzene rings is 2. The molecular weight excluding hydrogens is 376 g/mol. The first-order valence-electron chi connectivity index (χ1n) is 9.03. The second kappa shape index (κ2) is 9.54. The molecular formula is C22H20O7. The Kier molecular flexibility index (Phi) is 6.63. The van der Waals surface area contributed by atoms with Gasteiger partial charge in [0.2, 0.25) is 0 Å². The summed E-state index contributed by atoms with van der Waals surface area (Å²) in [4.78, 5) is 35.5. The summed E-state index contributed by atoms with van der Waals surface area (Å²) in [5, 5.41) is 0. The van der Waals surface area contributed by atoms with Crippen molar-refractivity contribution in [2.45, 2.75) is 6.42 Å². The summed E-state index contributed by atoms with van der Waals surface area (Å²) in [5.74, 6) is -0.324. The first kappa shape index (κ1) is 20.1. The number of fused-ring (bicyclic) bond motifs is 1. The maximum absolute atomic E-state index is 12.3. The third kappa shape index (κ3) is 5.44. The number of ether oxygens (including phenoxy) is 4. The SMILES string of the molecule is COC(=O)c1ccc(/C=C/C(=O)OCC(=O)c2ccc3c(c2)OCCCO3)cc1. The monoisotopic (exact) mass is 396 g/mol. The Morgan fingerprint density at radius 1 is 0.966 bits per heavy atom. The molecule has 3 rings (SSSR count). The quantitative estimate of drug-likeness (QED) is 0.421. The Hall–Kier alpha value is -3.61. The minimum absolute atomic E-state index is 0.343. The van der Waals surface area contributed by atoms with Crippen molar-refractivity contribution in [3.8, 4) is 11.5 Å². The molecule has 0 saturated carbocycles. The van der Waals surface area contributed by atoms with E-state index in [0.29, 0.717) is 41.4 Å². The highest BCUT2D eigenvalue weighted by Gasteiger charge is 2.15. The standard InChI is InChI=1S/C22H20O7/c1-26-22(25)16-6-3-15(4-7-16)5-10-21(24)29-14-18(23)17-8-9-19-20(13-17)28-12-2-11-27-19/h3-10,13H,2,11-12,14H2,1H3/b10-5+. The lowest BCUT2D eigenvalue weighted by molar-refractivity contribution is -0.136. The van der Waals surface area contributed by atoms with E-state index in [2.05, 4.69) is 4.74 Å². The van der Waals surface area contributed by atoms with Crippen LogP contribution in [0.2, 0.25) is 0 Å². The molecule has 7 nitrogen and oxygen atoms in total. The van der Waals surface area contributed by atoms with Gasteiger partial charge >= 0.3 is 11.9 Å². The molecule has 0 radical (unpaired) electrons. The van der Waals surface area contributed by atoms with Gasteiger partial charge in [-0.15, -0.1) is 0 Å². The Morgan fingerprint density at radius 3 is 2.38 bits per heavy atom. The number of Topliss-reactive ketones (excluding diaryl/α,β-unsaturated/α-hetero) is 1. The van der Waals surface area contributed by atoms with Crippen LogP contribution in [0.15, 0.2) is 48.5 Å². The summed E-state index contributed by atoms with van der Waals surface area (Å²) in [6.45, 7) is 0.699. The molecule has 0 fully saturated rings. The van der Waals surface area contributed by atoms with Gasteiger partial charge in [-0.25, -0.2) is 9.59 Å². The van der Waals surface area contributed by atoms with Gasteiger partial charge in [0.05, 0.1) is 25.9 Å². The van der Waals surface area contributed by atoms with Gasteiger partial charge in [-0.2, -0.15) is 0 Å². The number of hydrogen-bond donors (Lipinski definition) is 0. The second-order valence-corrected chi connectivity index (χ2v) is 6.19. The maximum atomic E-state index is 12.3. The molecule has 150 valence electrons. The molecule has 0 bridgehead atoms. The molecule has 0 aromatic heterocycles. The molecule has 0 unspecified atom stereocenters. The van der Waals surface area contributed by atoms with E-state index in [9.17, 15) is 14.4 Å². The average Bonchev–Trinajstić information content (AvgIpc) is 3.00. The van der Waals surface area contributed by atoms with Gasteiger partial charge in [-0.3, -0.25) is 4.79 Å². The van der Waals surface area contributed by atoms with Crippen molar-refractivity contribution < 1.29 is 33.3 Å². The number of hydrogen-bond acceptors (Lipinski definition) is 7. The summed E-state index contributed by atoms with van der Waals surface area (Å²) in [5.41, 5.74) is 1.49. The predicted molar refractivity (Wildman–Crippen MR) is 104 cm³/mol. The lowest BCUT2D eigenvalue weighted by atomic mass is 10.1. The van der Waals surface area contributed by atoms with E-state index in [-0.39, 0.29) is 12.4 Å². The molecule has 1 heterocycles. The van der Waals surface area contributed by atoms with E-state index in [0.717, 1.165) is 6.42 Å². The van der Waals surface area contributed by atoms with Gasteiger partial charge in [0.25, 0.3) is 0 Å².